The maximum absolute atomic E-state index is 3.68. The Balaban J connectivity index is 0. The Hall–Kier alpha value is -0.790. The summed E-state index contributed by atoms with van der Waals surface area (Å²) in [5, 5.41) is 2.81. The van der Waals surface area contributed by atoms with Crippen molar-refractivity contribution in [1.82, 2.24) is 5.32 Å². The highest BCUT2D eigenvalue weighted by molar-refractivity contribution is 5.56. The summed E-state index contributed by atoms with van der Waals surface area (Å²) in [6.45, 7) is 9.47. The normalized spacial score (nSPS) is 8.00. The average Bonchev–Trinajstić information content (AvgIpc) is 1.88. The summed E-state index contributed by atoms with van der Waals surface area (Å²) in [4.78, 5) is 3.68. The molecular weight excluding hydrogens is 112 g/mol. The zero-order valence-electron chi connectivity index (χ0n) is 6.73. The summed E-state index contributed by atoms with van der Waals surface area (Å²) in [5.74, 6) is 0. The summed E-state index contributed by atoms with van der Waals surface area (Å²) in [6.07, 6.45) is 1.60. The number of allylic oxidation sites excluding steroid dienone is 1. The van der Waals surface area contributed by atoms with Crippen molar-refractivity contribution in [1.29, 1.82) is 0 Å². The molecule has 0 heterocycles. The zero-order valence-corrected chi connectivity index (χ0v) is 6.73. The first-order chi connectivity index (χ1) is 4.27. The van der Waals surface area contributed by atoms with Crippen LogP contribution in [0.1, 0.15) is 20.8 Å². The molecule has 54 valence electrons. The van der Waals surface area contributed by atoms with Gasteiger partial charge in [-0.05, 0) is 6.92 Å². The van der Waals surface area contributed by atoms with Gasteiger partial charge in [-0.25, -0.2) is 0 Å². The molecule has 0 amide bonds. The fraction of sp³-hybridized carbons (Fsp3) is 0.571. The number of nitrogens with one attached hydrogen (secondary N) is 1. The Morgan fingerprint density at radius 2 is 2.00 bits per heavy atom. The molecule has 0 unspecified atom stereocenters. The third-order valence-electron chi connectivity index (χ3n) is 0.440. The highest BCUT2D eigenvalue weighted by atomic mass is 14.9. The number of nitrogens with zero attached hydrogens (tertiary/aromatic N) is 1. The van der Waals surface area contributed by atoms with Crippen molar-refractivity contribution in [2.75, 3.05) is 7.05 Å². The minimum Gasteiger partial charge on any atom is -0.351 e. The molecule has 0 saturated heterocycles. The Bertz CT molecular complexity index is 84.9. The van der Waals surface area contributed by atoms with Gasteiger partial charge in [-0.1, -0.05) is 20.4 Å². The smallest absolute Gasteiger partial charge is 0.0861 e. The van der Waals surface area contributed by atoms with Crippen molar-refractivity contribution in [3.8, 4) is 0 Å². The van der Waals surface area contributed by atoms with Gasteiger partial charge in [-0.3, -0.25) is 4.99 Å². The molecule has 9 heavy (non-hydrogen) atoms. The molecule has 0 bridgehead atoms. The zero-order chi connectivity index (χ0) is 7.70. The lowest BCUT2D eigenvalue weighted by molar-refractivity contribution is 1.15. The van der Waals surface area contributed by atoms with Gasteiger partial charge in [0.1, 0.15) is 0 Å². The Labute approximate surface area is 57.7 Å². The molecule has 0 atom stereocenters. The first-order valence-electron chi connectivity index (χ1n) is 3.10. The van der Waals surface area contributed by atoms with E-state index < -0.39 is 0 Å². The van der Waals surface area contributed by atoms with E-state index in [0.717, 1.165) is 5.70 Å². The van der Waals surface area contributed by atoms with Crippen LogP contribution in [0.3, 0.4) is 0 Å². The van der Waals surface area contributed by atoms with Gasteiger partial charge in [-0.15, -0.1) is 0 Å². The van der Waals surface area contributed by atoms with E-state index >= 15 is 0 Å². The number of hydrogen-bond donors (Lipinski definition) is 1. The van der Waals surface area contributed by atoms with E-state index in [0.29, 0.717) is 0 Å². The predicted octanol–water partition coefficient (Wildman–Crippen LogP) is 1.79. The molecule has 0 fully saturated rings. The van der Waals surface area contributed by atoms with Gasteiger partial charge in [0.2, 0.25) is 0 Å². The second kappa shape index (κ2) is 10.2. The van der Waals surface area contributed by atoms with E-state index in [4.69, 9.17) is 0 Å². The van der Waals surface area contributed by atoms with Crippen molar-refractivity contribution in [2.45, 2.75) is 20.8 Å². The maximum Gasteiger partial charge on any atom is 0.0861 e. The SMILES string of the molecule is C=C(C)NC=NC.CC. The fourth-order valence-electron chi connectivity index (χ4n) is 0.175. The first-order valence-corrected chi connectivity index (χ1v) is 3.10. The molecule has 0 aromatic rings. The summed E-state index contributed by atoms with van der Waals surface area (Å²) in [5.41, 5.74) is 0.908. The van der Waals surface area contributed by atoms with E-state index in [2.05, 4.69) is 16.9 Å². The third-order valence-corrected chi connectivity index (χ3v) is 0.440. The number of rotatable bonds is 2. The molecule has 2 nitrogen and oxygen atoms in total. The molecule has 0 rings (SSSR count). The van der Waals surface area contributed by atoms with Crippen molar-refractivity contribution >= 4 is 6.34 Å². The van der Waals surface area contributed by atoms with Crippen LogP contribution < -0.4 is 5.32 Å². The largest absolute Gasteiger partial charge is 0.351 e. The predicted molar refractivity (Wildman–Crippen MR) is 43.7 cm³/mol. The number of aliphatic imine (C=N–C) groups is 1. The van der Waals surface area contributed by atoms with Crippen LogP contribution in [0.25, 0.3) is 0 Å². The number of hydrogen-bond acceptors (Lipinski definition) is 1. The quantitative estimate of drug-likeness (QED) is 0.445. The molecule has 0 aromatic heterocycles. The van der Waals surface area contributed by atoms with Gasteiger partial charge >= 0.3 is 0 Å². The van der Waals surface area contributed by atoms with Gasteiger partial charge < -0.3 is 5.32 Å². The van der Waals surface area contributed by atoms with E-state index in [1.54, 1.807) is 13.4 Å². The summed E-state index contributed by atoms with van der Waals surface area (Å²) in [6, 6.07) is 0. The molecule has 0 aliphatic rings. The van der Waals surface area contributed by atoms with Crippen LogP contribution >= 0.6 is 0 Å². The van der Waals surface area contributed by atoms with E-state index in [9.17, 15) is 0 Å². The van der Waals surface area contributed by atoms with Gasteiger partial charge in [0, 0.05) is 12.7 Å². The maximum atomic E-state index is 3.68. The molecule has 0 aliphatic heterocycles. The third kappa shape index (κ3) is 19.0. The standard InChI is InChI=1S/C5H10N2.C2H6/c1-5(2)7-4-6-3;1-2/h4H,1H2,2-3H3,(H,6,7);1-2H3. The van der Waals surface area contributed by atoms with Crippen LogP contribution in [0.4, 0.5) is 0 Å². The van der Waals surface area contributed by atoms with Gasteiger partial charge in [-0.2, -0.15) is 0 Å². The minimum absolute atomic E-state index is 0.908. The highest BCUT2D eigenvalue weighted by Gasteiger charge is 1.69. The summed E-state index contributed by atoms with van der Waals surface area (Å²) >= 11 is 0. The molecule has 0 aliphatic carbocycles. The minimum atomic E-state index is 0.908. The average molecular weight is 128 g/mol. The second-order valence-electron chi connectivity index (χ2n) is 1.31. The van der Waals surface area contributed by atoms with Crippen molar-refractivity contribution in [3.63, 3.8) is 0 Å². The highest BCUT2D eigenvalue weighted by Crippen LogP contribution is 1.70. The Morgan fingerprint density at radius 3 is 2.11 bits per heavy atom. The Morgan fingerprint density at radius 1 is 1.56 bits per heavy atom. The lowest BCUT2D eigenvalue weighted by atomic mass is 10.6. The summed E-state index contributed by atoms with van der Waals surface area (Å²) in [7, 11) is 1.70. The summed E-state index contributed by atoms with van der Waals surface area (Å²) < 4.78 is 0. The second-order valence-corrected chi connectivity index (χ2v) is 1.31. The lowest BCUT2D eigenvalue weighted by Gasteiger charge is -1.90. The molecule has 0 radical (unpaired) electrons. The van der Waals surface area contributed by atoms with E-state index in [-0.39, 0.29) is 0 Å². The molecule has 1 N–H and O–H groups in total. The molecular formula is C7H16N2. The van der Waals surface area contributed by atoms with Crippen molar-refractivity contribution < 1.29 is 0 Å². The van der Waals surface area contributed by atoms with Crippen LogP contribution in [0.15, 0.2) is 17.3 Å². The Kier molecular flexibility index (Phi) is 12.6. The van der Waals surface area contributed by atoms with Crippen LogP contribution in [-0.2, 0) is 0 Å². The van der Waals surface area contributed by atoms with Crippen LogP contribution in [0, 0.1) is 0 Å². The topological polar surface area (TPSA) is 24.4 Å². The van der Waals surface area contributed by atoms with Gasteiger partial charge in [0.25, 0.3) is 0 Å². The van der Waals surface area contributed by atoms with E-state index in [1.165, 1.54) is 0 Å². The fourth-order valence-corrected chi connectivity index (χ4v) is 0.175. The van der Waals surface area contributed by atoms with Gasteiger partial charge in [0.15, 0.2) is 0 Å². The first kappa shape index (κ1) is 11.1. The molecule has 0 saturated carbocycles. The lowest BCUT2D eigenvalue weighted by Crippen LogP contribution is -2.05. The van der Waals surface area contributed by atoms with E-state index in [1.807, 2.05) is 20.8 Å². The molecule has 2 heteroatoms. The van der Waals surface area contributed by atoms with Crippen LogP contribution in [0.2, 0.25) is 0 Å². The molecule has 0 aromatic carbocycles. The van der Waals surface area contributed by atoms with Crippen LogP contribution in [-0.4, -0.2) is 13.4 Å². The van der Waals surface area contributed by atoms with Crippen LogP contribution in [0.5, 0.6) is 0 Å². The van der Waals surface area contributed by atoms with Crippen molar-refractivity contribution in [2.24, 2.45) is 4.99 Å². The monoisotopic (exact) mass is 128 g/mol. The molecule has 0 spiro atoms. The van der Waals surface area contributed by atoms with Gasteiger partial charge in [0.05, 0.1) is 6.34 Å². The van der Waals surface area contributed by atoms with Crippen molar-refractivity contribution in [3.05, 3.63) is 12.3 Å².